The molecule has 0 radical (unpaired) electrons. The molecule has 0 N–H and O–H groups in total. The molecule has 3 nitrogen and oxygen atoms in total. The van der Waals surface area contributed by atoms with E-state index in [2.05, 4.69) is 0 Å². The first-order valence-electron chi connectivity index (χ1n) is 6.05. The van der Waals surface area contributed by atoms with E-state index in [0.29, 0.717) is 18.0 Å². The molecule has 17 heavy (non-hydrogen) atoms. The molecule has 0 atom stereocenters. The van der Waals surface area contributed by atoms with Crippen LogP contribution in [0.4, 0.5) is 5.69 Å². The Morgan fingerprint density at radius 3 is 2.59 bits per heavy atom. The molecular weight excluding hydrogens is 214 g/mol. The minimum atomic E-state index is -0.347. The van der Waals surface area contributed by atoms with E-state index in [1.807, 2.05) is 26.0 Å². The van der Waals surface area contributed by atoms with Crippen LogP contribution in [0.1, 0.15) is 34.3 Å². The molecule has 2 aliphatic rings. The molecule has 1 fully saturated rings. The molecule has 1 amide bonds. The number of nitrogens with zero attached hydrogens (tertiary/aromatic N) is 1. The second-order valence-electron chi connectivity index (χ2n) is 5.16. The van der Waals surface area contributed by atoms with E-state index < -0.39 is 0 Å². The lowest BCUT2D eigenvalue weighted by Gasteiger charge is -2.16. The summed E-state index contributed by atoms with van der Waals surface area (Å²) in [7, 11) is 0. The van der Waals surface area contributed by atoms with E-state index in [1.54, 1.807) is 4.90 Å². The van der Waals surface area contributed by atoms with Gasteiger partial charge in [-0.15, -0.1) is 0 Å². The van der Waals surface area contributed by atoms with Gasteiger partial charge in [0.25, 0.3) is 11.7 Å². The number of carbonyl (C=O) groups excluding carboxylic acids is 2. The fraction of sp³-hybridized carbons (Fsp3) is 0.429. The number of carbonyl (C=O) groups is 2. The van der Waals surface area contributed by atoms with Crippen molar-refractivity contribution in [2.75, 3.05) is 11.4 Å². The smallest absolute Gasteiger partial charge is 0.299 e. The highest BCUT2D eigenvalue weighted by molar-refractivity contribution is 6.52. The molecule has 1 aliphatic heterocycles. The van der Waals surface area contributed by atoms with Gasteiger partial charge in [-0.25, -0.2) is 0 Å². The van der Waals surface area contributed by atoms with Crippen LogP contribution in [-0.4, -0.2) is 18.2 Å². The normalized spacial score (nSPS) is 18.8. The molecule has 0 spiro atoms. The first-order chi connectivity index (χ1) is 8.08. The highest BCUT2D eigenvalue weighted by Gasteiger charge is 2.39. The Bertz CT molecular complexity index is 529. The molecule has 0 saturated heterocycles. The molecule has 0 aromatic heterocycles. The first kappa shape index (κ1) is 10.5. The summed E-state index contributed by atoms with van der Waals surface area (Å²) < 4.78 is 0. The molecule has 3 heteroatoms. The second-order valence-corrected chi connectivity index (χ2v) is 5.16. The third-order valence-electron chi connectivity index (χ3n) is 3.55. The molecule has 1 aromatic carbocycles. The number of Topliss-reactive ketones (excluding diaryl/α,β-unsaturated/α-hetero) is 1. The van der Waals surface area contributed by atoms with Gasteiger partial charge in [0.1, 0.15) is 0 Å². The van der Waals surface area contributed by atoms with E-state index in [1.165, 1.54) is 12.8 Å². The van der Waals surface area contributed by atoms with Crippen molar-refractivity contribution < 1.29 is 9.59 Å². The Kier molecular flexibility index (Phi) is 2.12. The summed E-state index contributed by atoms with van der Waals surface area (Å²) in [5.41, 5.74) is 3.45. The number of ketones is 1. The number of anilines is 1. The van der Waals surface area contributed by atoms with E-state index in [0.717, 1.165) is 16.8 Å². The van der Waals surface area contributed by atoms with Crippen LogP contribution in [0.25, 0.3) is 0 Å². The topological polar surface area (TPSA) is 37.4 Å². The van der Waals surface area contributed by atoms with E-state index in [4.69, 9.17) is 0 Å². The Morgan fingerprint density at radius 2 is 1.94 bits per heavy atom. The predicted molar refractivity (Wildman–Crippen MR) is 65.3 cm³/mol. The van der Waals surface area contributed by atoms with Gasteiger partial charge in [0.15, 0.2) is 0 Å². The summed E-state index contributed by atoms with van der Waals surface area (Å²) in [5, 5.41) is 0. The predicted octanol–water partition coefficient (Wildman–Crippen LogP) is 2.24. The maximum atomic E-state index is 12.0. The lowest BCUT2D eigenvalue weighted by molar-refractivity contribution is -0.114. The van der Waals surface area contributed by atoms with Crippen LogP contribution in [-0.2, 0) is 4.79 Å². The molecule has 0 unspecified atom stereocenters. The summed E-state index contributed by atoms with van der Waals surface area (Å²) in [6, 6.07) is 3.91. The van der Waals surface area contributed by atoms with Crippen molar-refractivity contribution in [3.05, 3.63) is 28.8 Å². The lowest BCUT2D eigenvalue weighted by atomic mass is 10.0. The Labute approximate surface area is 100 Å². The average Bonchev–Trinajstić information content (AvgIpc) is 3.03. The summed E-state index contributed by atoms with van der Waals surface area (Å²) in [4.78, 5) is 25.6. The van der Waals surface area contributed by atoms with Crippen LogP contribution in [0.5, 0.6) is 0 Å². The maximum Gasteiger partial charge on any atom is 0.299 e. The Balaban J connectivity index is 2.09. The number of hydrogen-bond acceptors (Lipinski definition) is 2. The molecule has 1 aliphatic carbocycles. The van der Waals surface area contributed by atoms with Gasteiger partial charge >= 0.3 is 0 Å². The fourth-order valence-corrected chi connectivity index (χ4v) is 2.53. The SMILES string of the molecule is Cc1cc(C)c2c(c1)N(CC1CC1)C(=O)C2=O. The monoisotopic (exact) mass is 229 g/mol. The zero-order valence-corrected chi connectivity index (χ0v) is 10.1. The fourth-order valence-electron chi connectivity index (χ4n) is 2.53. The highest BCUT2D eigenvalue weighted by atomic mass is 16.2. The minimum absolute atomic E-state index is 0.335. The van der Waals surface area contributed by atoms with Gasteiger partial charge in [0, 0.05) is 6.54 Å². The average molecular weight is 229 g/mol. The van der Waals surface area contributed by atoms with Crippen LogP contribution in [0, 0.1) is 19.8 Å². The number of rotatable bonds is 2. The van der Waals surface area contributed by atoms with Crippen LogP contribution < -0.4 is 4.90 Å². The van der Waals surface area contributed by atoms with Crippen molar-refractivity contribution >= 4 is 17.4 Å². The molecule has 1 aromatic rings. The maximum absolute atomic E-state index is 12.0. The zero-order valence-electron chi connectivity index (χ0n) is 10.1. The van der Waals surface area contributed by atoms with Gasteiger partial charge < -0.3 is 4.90 Å². The van der Waals surface area contributed by atoms with Gasteiger partial charge in [-0.05, 0) is 49.8 Å². The third kappa shape index (κ3) is 1.57. The molecule has 3 rings (SSSR count). The van der Waals surface area contributed by atoms with Crippen molar-refractivity contribution in [3.8, 4) is 0 Å². The Morgan fingerprint density at radius 1 is 1.24 bits per heavy atom. The summed E-state index contributed by atoms with van der Waals surface area (Å²) in [6.07, 6.45) is 2.36. The number of hydrogen-bond donors (Lipinski definition) is 0. The molecular formula is C14H15NO2. The van der Waals surface area contributed by atoms with Crippen molar-refractivity contribution in [2.45, 2.75) is 26.7 Å². The Hall–Kier alpha value is -1.64. The van der Waals surface area contributed by atoms with Crippen LogP contribution in [0.2, 0.25) is 0 Å². The summed E-state index contributed by atoms with van der Waals surface area (Å²) in [5.74, 6) is -0.0859. The third-order valence-corrected chi connectivity index (χ3v) is 3.55. The van der Waals surface area contributed by atoms with Crippen LogP contribution in [0.15, 0.2) is 12.1 Å². The van der Waals surface area contributed by atoms with Crippen molar-refractivity contribution in [2.24, 2.45) is 5.92 Å². The molecule has 0 bridgehead atoms. The van der Waals surface area contributed by atoms with Crippen molar-refractivity contribution in [3.63, 3.8) is 0 Å². The zero-order chi connectivity index (χ0) is 12.2. The summed E-state index contributed by atoms with van der Waals surface area (Å²) >= 11 is 0. The van der Waals surface area contributed by atoms with Gasteiger partial charge in [-0.2, -0.15) is 0 Å². The van der Waals surface area contributed by atoms with Crippen LogP contribution in [0.3, 0.4) is 0 Å². The molecule has 1 saturated carbocycles. The highest BCUT2D eigenvalue weighted by Crippen LogP contribution is 2.37. The van der Waals surface area contributed by atoms with E-state index >= 15 is 0 Å². The standard InChI is InChI=1S/C14H15NO2/c1-8-5-9(2)12-11(6-8)15(7-10-3-4-10)14(17)13(12)16/h5-6,10H,3-4,7H2,1-2H3. The summed E-state index contributed by atoms with van der Waals surface area (Å²) in [6.45, 7) is 4.61. The van der Waals surface area contributed by atoms with Gasteiger partial charge in [-0.1, -0.05) is 6.07 Å². The minimum Gasteiger partial charge on any atom is -0.304 e. The quantitative estimate of drug-likeness (QED) is 0.729. The largest absolute Gasteiger partial charge is 0.304 e. The van der Waals surface area contributed by atoms with E-state index in [-0.39, 0.29) is 11.7 Å². The number of amides is 1. The number of fused-ring (bicyclic) bond motifs is 1. The first-order valence-corrected chi connectivity index (χ1v) is 6.05. The van der Waals surface area contributed by atoms with Crippen molar-refractivity contribution in [1.82, 2.24) is 0 Å². The van der Waals surface area contributed by atoms with Gasteiger partial charge in [-0.3, -0.25) is 9.59 Å². The van der Waals surface area contributed by atoms with Gasteiger partial charge in [0.05, 0.1) is 11.3 Å². The second kappa shape index (κ2) is 3.42. The lowest BCUT2D eigenvalue weighted by Crippen LogP contribution is -2.31. The molecule has 1 heterocycles. The number of aryl methyl sites for hydroxylation is 2. The number of benzene rings is 1. The molecule has 88 valence electrons. The van der Waals surface area contributed by atoms with Gasteiger partial charge in [0.2, 0.25) is 0 Å². The van der Waals surface area contributed by atoms with E-state index in [9.17, 15) is 9.59 Å². The van der Waals surface area contributed by atoms with Crippen molar-refractivity contribution in [1.29, 1.82) is 0 Å². The van der Waals surface area contributed by atoms with Crippen LogP contribution >= 0.6 is 0 Å².